The quantitative estimate of drug-likeness (QED) is 0.839. The first kappa shape index (κ1) is 14.0. The molecule has 98 valence electrons. The van der Waals surface area contributed by atoms with E-state index in [9.17, 15) is 4.79 Å². The summed E-state index contributed by atoms with van der Waals surface area (Å²) < 4.78 is 1.22. The third-order valence-corrected chi connectivity index (χ3v) is 4.83. The first-order valence-corrected chi connectivity index (χ1v) is 7.73. The van der Waals surface area contributed by atoms with Gasteiger partial charge in [-0.1, -0.05) is 19.1 Å². The molecule has 1 aliphatic rings. The molecule has 1 heterocycles. The molecule has 0 radical (unpaired) electrons. The molecule has 0 unspecified atom stereocenters. The van der Waals surface area contributed by atoms with Crippen molar-refractivity contribution in [3.8, 4) is 0 Å². The molecule has 18 heavy (non-hydrogen) atoms. The largest absolute Gasteiger partial charge is 0.317 e. The van der Waals surface area contributed by atoms with E-state index in [1.165, 1.54) is 3.57 Å². The molecule has 3 heteroatoms. The molecule has 1 saturated heterocycles. The minimum absolute atomic E-state index is 0.0752. The predicted molar refractivity (Wildman–Crippen MR) is 82.7 cm³/mol. The van der Waals surface area contributed by atoms with Crippen LogP contribution in [0.2, 0.25) is 0 Å². The van der Waals surface area contributed by atoms with Crippen molar-refractivity contribution >= 4 is 28.4 Å². The van der Waals surface area contributed by atoms with Crippen LogP contribution in [-0.4, -0.2) is 18.9 Å². The van der Waals surface area contributed by atoms with Crippen molar-refractivity contribution in [3.05, 3.63) is 33.4 Å². The third-order valence-electron chi connectivity index (χ3n) is 4.11. The Bertz CT molecular complexity index is 407. The lowest BCUT2D eigenvalue weighted by atomic mass is 9.72. The fourth-order valence-corrected chi connectivity index (χ4v) is 3.07. The number of carbonyl (C=O) groups is 1. The van der Waals surface area contributed by atoms with Crippen LogP contribution in [0.15, 0.2) is 24.3 Å². The van der Waals surface area contributed by atoms with Gasteiger partial charge in [-0.05, 0) is 72.6 Å². The summed E-state index contributed by atoms with van der Waals surface area (Å²) in [5.74, 6) is 0.424. The molecule has 2 nitrogen and oxygen atoms in total. The first-order valence-electron chi connectivity index (χ1n) is 6.65. The zero-order chi connectivity index (χ0) is 13.0. The Morgan fingerprint density at radius 1 is 1.28 bits per heavy atom. The highest BCUT2D eigenvalue weighted by Crippen LogP contribution is 2.34. The van der Waals surface area contributed by atoms with Gasteiger partial charge in [0, 0.05) is 15.4 Å². The van der Waals surface area contributed by atoms with E-state index in [1.807, 2.05) is 0 Å². The van der Waals surface area contributed by atoms with Gasteiger partial charge in [0.05, 0.1) is 0 Å². The molecule has 0 aliphatic carbocycles. The molecule has 1 N–H and O–H groups in total. The minimum atomic E-state index is -0.0752. The Morgan fingerprint density at radius 2 is 1.89 bits per heavy atom. The van der Waals surface area contributed by atoms with Gasteiger partial charge in [0.15, 0.2) is 0 Å². The number of hydrogen-bond donors (Lipinski definition) is 1. The van der Waals surface area contributed by atoms with Gasteiger partial charge in [-0.3, -0.25) is 4.79 Å². The second-order valence-electron chi connectivity index (χ2n) is 5.11. The van der Waals surface area contributed by atoms with E-state index in [1.54, 1.807) is 0 Å². The fourth-order valence-electron chi connectivity index (χ4n) is 2.71. The van der Waals surface area contributed by atoms with Crippen LogP contribution < -0.4 is 5.32 Å². The highest BCUT2D eigenvalue weighted by atomic mass is 127. The molecule has 0 bridgehead atoms. The number of Topliss-reactive ketones (excluding diaryl/α,β-unsaturated/α-hetero) is 1. The molecule has 1 aliphatic heterocycles. The fraction of sp³-hybridized carbons (Fsp3) is 0.533. The monoisotopic (exact) mass is 357 g/mol. The Balaban J connectivity index is 2.07. The summed E-state index contributed by atoms with van der Waals surface area (Å²) in [6.45, 7) is 4.11. The van der Waals surface area contributed by atoms with Gasteiger partial charge in [0.25, 0.3) is 0 Å². The second-order valence-corrected chi connectivity index (χ2v) is 6.36. The van der Waals surface area contributed by atoms with E-state index in [4.69, 9.17) is 0 Å². The van der Waals surface area contributed by atoms with E-state index in [2.05, 4.69) is 59.1 Å². The van der Waals surface area contributed by atoms with E-state index in [-0.39, 0.29) is 5.41 Å². The van der Waals surface area contributed by atoms with Crippen LogP contribution in [0, 0.1) is 8.99 Å². The zero-order valence-electron chi connectivity index (χ0n) is 10.8. The average Bonchev–Trinajstić information content (AvgIpc) is 2.42. The first-order chi connectivity index (χ1) is 8.66. The minimum Gasteiger partial charge on any atom is -0.317 e. The number of nitrogens with one attached hydrogen (secondary N) is 1. The van der Waals surface area contributed by atoms with Gasteiger partial charge in [-0.15, -0.1) is 0 Å². The van der Waals surface area contributed by atoms with Crippen LogP contribution in [0.25, 0.3) is 0 Å². The van der Waals surface area contributed by atoms with Crippen molar-refractivity contribution in [2.75, 3.05) is 13.1 Å². The maximum absolute atomic E-state index is 12.6. The number of ketones is 1. The highest BCUT2D eigenvalue weighted by molar-refractivity contribution is 14.1. The van der Waals surface area contributed by atoms with Crippen molar-refractivity contribution in [2.24, 2.45) is 5.41 Å². The van der Waals surface area contributed by atoms with Crippen LogP contribution in [0.5, 0.6) is 0 Å². The molecular weight excluding hydrogens is 337 g/mol. The number of rotatable bonds is 4. The smallest absolute Gasteiger partial charge is 0.143 e. The van der Waals surface area contributed by atoms with Gasteiger partial charge in [-0.25, -0.2) is 0 Å². The van der Waals surface area contributed by atoms with Crippen molar-refractivity contribution in [1.82, 2.24) is 5.32 Å². The van der Waals surface area contributed by atoms with Crippen LogP contribution in [0.3, 0.4) is 0 Å². The van der Waals surface area contributed by atoms with Gasteiger partial charge in [0.2, 0.25) is 0 Å². The third kappa shape index (κ3) is 3.12. The molecule has 0 amide bonds. The van der Waals surface area contributed by atoms with Crippen LogP contribution in [-0.2, 0) is 11.2 Å². The van der Waals surface area contributed by atoms with E-state index < -0.39 is 0 Å². The number of halogens is 1. The predicted octanol–water partition coefficient (Wildman–Crippen LogP) is 3.18. The van der Waals surface area contributed by atoms with Crippen molar-refractivity contribution in [2.45, 2.75) is 32.6 Å². The van der Waals surface area contributed by atoms with Gasteiger partial charge in [-0.2, -0.15) is 0 Å². The van der Waals surface area contributed by atoms with Gasteiger partial charge >= 0.3 is 0 Å². The lowest BCUT2D eigenvalue weighted by molar-refractivity contribution is -0.129. The Morgan fingerprint density at radius 3 is 2.44 bits per heavy atom. The van der Waals surface area contributed by atoms with E-state index in [0.29, 0.717) is 12.2 Å². The molecular formula is C15H20INO. The lowest BCUT2D eigenvalue weighted by Crippen LogP contribution is -2.42. The molecule has 1 fully saturated rings. The topological polar surface area (TPSA) is 29.1 Å². The standard InChI is InChI=1S/C15H20INO/c1-2-15(7-9-17-10-8-15)14(18)11-12-3-5-13(16)6-4-12/h3-6,17H,2,7-11H2,1H3. The molecule has 0 spiro atoms. The summed E-state index contributed by atoms with van der Waals surface area (Å²) in [6.07, 6.45) is 3.54. The maximum atomic E-state index is 12.6. The average molecular weight is 357 g/mol. The molecule has 0 saturated carbocycles. The van der Waals surface area contributed by atoms with Gasteiger partial charge in [0.1, 0.15) is 5.78 Å². The number of carbonyl (C=O) groups excluding carboxylic acids is 1. The lowest BCUT2D eigenvalue weighted by Gasteiger charge is -2.35. The summed E-state index contributed by atoms with van der Waals surface area (Å²) in [7, 11) is 0. The number of benzene rings is 1. The molecule has 1 aromatic carbocycles. The van der Waals surface area contributed by atoms with Crippen molar-refractivity contribution < 1.29 is 4.79 Å². The summed E-state index contributed by atoms with van der Waals surface area (Å²) in [4.78, 5) is 12.6. The van der Waals surface area contributed by atoms with Crippen molar-refractivity contribution in [3.63, 3.8) is 0 Å². The maximum Gasteiger partial charge on any atom is 0.143 e. The number of hydrogen-bond acceptors (Lipinski definition) is 2. The van der Waals surface area contributed by atoms with E-state index >= 15 is 0 Å². The Hall–Kier alpha value is -0.420. The highest BCUT2D eigenvalue weighted by Gasteiger charge is 2.36. The Labute approximate surface area is 123 Å². The van der Waals surface area contributed by atoms with Crippen molar-refractivity contribution in [1.29, 1.82) is 0 Å². The summed E-state index contributed by atoms with van der Waals surface area (Å²) >= 11 is 2.29. The SMILES string of the molecule is CCC1(C(=O)Cc2ccc(I)cc2)CCNCC1. The van der Waals surface area contributed by atoms with E-state index in [0.717, 1.165) is 37.9 Å². The molecule has 0 aromatic heterocycles. The van der Waals surface area contributed by atoms with Gasteiger partial charge < -0.3 is 5.32 Å². The summed E-state index contributed by atoms with van der Waals surface area (Å²) in [6, 6.07) is 8.29. The molecule has 1 aromatic rings. The normalized spacial score (nSPS) is 18.6. The second kappa shape index (κ2) is 6.15. The molecule has 0 atom stereocenters. The van der Waals surface area contributed by atoms with Crippen LogP contribution >= 0.6 is 22.6 Å². The molecule has 2 rings (SSSR count). The summed E-state index contributed by atoms with van der Waals surface area (Å²) in [5, 5.41) is 3.35. The summed E-state index contributed by atoms with van der Waals surface area (Å²) in [5.41, 5.74) is 1.07. The zero-order valence-corrected chi connectivity index (χ0v) is 13.0. The van der Waals surface area contributed by atoms with Crippen LogP contribution in [0.4, 0.5) is 0 Å². The number of piperidine rings is 1. The Kier molecular flexibility index (Phi) is 4.78. The van der Waals surface area contributed by atoms with Crippen LogP contribution in [0.1, 0.15) is 31.7 Å².